The van der Waals surface area contributed by atoms with E-state index in [4.69, 9.17) is 0 Å². The minimum atomic E-state index is 0.0909. The summed E-state index contributed by atoms with van der Waals surface area (Å²) in [4.78, 5) is 11.8. The van der Waals surface area contributed by atoms with Crippen LogP contribution in [0.3, 0.4) is 0 Å². The highest BCUT2D eigenvalue weighted by Gasteiger charge is 2.15. The number of hydrogen-bond donors (Lipinski definition) is 1. The van der Waals surface area contributed by atoms with Crippen LogP contribution in [0, 0.1) is 5.92 Å². The molecule has 0 bridgehead atoms. The van der Waals surface area contributed by atoms with E-state index in [9.17, 15) is 4.79 Å². The van der Waals surface area contributed by atoms with Crippen molar-refractivity contribution in [3.63, 3.8) is 0 Å². The minimum absolute atomic E-state index is 0.0909. The zero-order chi connectivity index (χ0) is 16.0. The van der Waals surface area contributed by atoms with Crippen LogP contribution in [0.25, 0.3) is 0 Å². The Bertz CT molecular complexity index is 325. The van der Waals surface area contributed by atoms with Gasteiger partial charge in [-0.1, -0.05) is 71.6 Å². The van der Waals surface area contributed by atoms with Crippen molar-refractivity contribution in [2.45, 2.75) is 104 Å². The predicted molar refractivity (Wildman–Crippen MR) is 95.1 cm³/mol. The van der Waals surface area contributed by atoms with E-state index in [2.05, 4.69) is 24.4 Å². The third-order valence-electron chi connectivity index (χ3n) is 4.72. The largest absolute Gasteiger partial charge is 0.273 e. The quantitative estimate of drug-likeness (QED) is 0.392. The zero-order valence-corrected chi connectivity index (χ0v) is 14.8. The number of carbonyl (C=O) groups excluding carboxylic acids is 1. The maximum atomic E-state index is 11.8. The summed E-state index contributed by atoms with van der Waals surface area (Å²) in [7, 11) is 0. The molecule has 1 saturated carbocycles. The summed E-state index contributed by atoms with van der Waals surface area (Å²) in [5.41, 5.74) is 3.94. The molecule has 0 aromatic carbocycles. The fourth-order valence-corrected chi connectivity index (χ4v) is 3.12. The molecule has 0 aliphatic heterocycles. The van der Waals surface area contributed by atoms with E-state index in [-0.39, 0.29) is 5.91 Å². The van der Waals surface area contributed by atoms with Crippen LogP contribution in [0.4, 0.5) is 0 Å². The summed E-state index contributed by atoms with van der Waals surface area (Å²) < 4.78 is 0. The Morgan fingerprint density at radius 1 is 1.05 bits per heavy atom. The van der Waals surface area contributed by atoms with Crippen molar-refractivity contribution in [2.24, 2.45) is 11.0 Å². The number of carbonyl (C=O) groups is 1. The van der Waals surface area contributed by atoms with Gasteiger partial charge in [-0.05, 0) is 31.6 Å². The summed E-state index contributed by atoms with van der Waals surface area (Å²) in [6, 6.07) is 0. The molecular formula is C19H36N2O. The van der Waals surface area contributed by atoms with Crippen molar-refractivity contribution < 1.29 is 4.79 Å². The second-order valence-electron chi connectivity index (χ2n) is 6.86. The Kier molecular flexibility index (Phi) is 11.0. The average Bonchev–Trinajstić information content (AvgIpc) is 2.52. The van der Waals surface area contributed by atoms with Crippen LogP contribution < -0.4 is 5.43 Å². The molecule has 1 aliphatic rings. The Morgan fingerprint density at radius 3 is 2.32 bits per heavy atom. The van der Waals surface area contributed by atoms with E-state index in [1.165, 1.54) is 76.3 Å². The number of amides is 1. The molecule has 0 heterocycles. The summed E-state index contributed by atoms with van der Waals surface area (Å²) in [6.45, 7) is 4.47. The summed E-state index contributed by atoms with van der Waals surface area (Å²) in [5.74, 6) is 0.634. The average molecular weight is 309 g/mol. The monoisotopic (exact) mass is 308 g/mol. The number of hydrazone groups is 1. The standard InChI is InChI=1S/C19H36N2O/c1-3-4-5-6-7-8-9-10-11-16-19(22)21-20-18-15-13-12-14-17(18)2/h17H,3-16H2,1-2H3,(H,21,22). The van der Waals surface area contributed by atoms with Gasteiger partial charge in [0.05, 0.1) is 0 Å². The number of unbranched alkanes of at least 4 members (excludes halogenated alkanes) is 8. The van der Waals surface area contributed by atoms with Gasteiger partial charge in [0.1, 0.15) is 0 Å². The SMILES string of the molecule is CCCCCCCCCCCC(=O)NN=C1CCCCC1C. The highest BCUT2D eigenvalue weighted by Crippen LogP contribution is 2.20. The number of nitrogens with one attached hydrogen (secondary N) is 1. The van der Waals surface area contributed by atoms with Crippen molar-refractivity contribution in [2.75, 3.05) is 0 Å². The smallest absolute Gasteiger partial charge is 0.240 e. The van der Waals surface area contributed by atoms with Crippen molar-refractivity contribution in [1.29, 1.82) is 0 Å². The molecule has 1 rings (SSSR count). The third-order valence-corrected chi connectivity index (χ3v) is 4.72. The van der Waals surface area contributed by atoms with Crippen LogP contribution in [0.2, 0.25) is 0 Å². The summed E-state index contributed by atoms with van der Waals surface area (Å²) in [5, 5.41) is 4.34. The lowest BCUT2D eigenvalue weighted by atomic mass is 9.89. The third kappa shape index (κ3) is 9.22. The van der Waals surface area contributed by atoms with E-state index in [0.717, 1.165) is 12.8 Å². The van der Waals surface area contributed by atoms with Crippen molar-refractivity contribution in [3.05, 3.63) is 0 Å². The van der Waals surface area contributed by atoms with Gasteiger partial charge in [-0.25, -0.2) is 5.43 Å². The molecule has 0 aromatic rings. The van der Waals surface area contributed by atoms with Crippen LogP contribution in [0.5, 0.6) is 0 Å². The highest BCUT2D eigenvalue weighted by atomic mass is 16.2. The lowest BCUT2D eigenvalue weighted by Gasteiger charge is -2.19. The van der Waals surface area contributed by atoms with Gasteiger partial charge in [0.15, 0.2) is 0 Å². The predicted octanol–water partition coefficient (Wildman–Crippen LogP) is 5.59. The number of rotatable bonds is 11. The molecule has 22 heavy (non-hydrogen) atoms. The molecule has 128 valence electrons. The van der Waals surface area contributed by atoms with Crippen molar-refractivity contribution in [1.82, 2.24) is 5.43 Å². The fraction of sp³-hybridized carbons (Fsp3) is 0.895. The number of nitrogens with zero attached hydrogens (tertiary/aromatic N) is 1. The van der Waals surface area contributed by atoms with Gasteiger partial charge in [-0.2, -0.15) is 5.10 Å². The summed E-state index contributed by atoms with van der Waals surface area (Å²) in [6.07, 6.45) is 17.0. The van der Waals surface area contributed by atoms with E-state index in [0.29, 0.717) is 12.3 Å². The lowest BCUT2D eigenvalue weighted by molar-refractivity contribution is -0.121. The molecule has 0 aromatic heterocycles. The topological polar surface area (TPSA) is 41.5 Å². The minimum Gasteiger partial charge on any atom is -0.273 e. The molecule has 1 fully saturated rings. The molecule has 0 saturated heterocycles. The van der Waals surface area contributed by atoms with Crippen molar-refractivity contribution in [3.8, 4) is 0 Å². The van der Waals surface area contributed by atoms with Gasteiger partial charge in [0.25, 0.3) is 0 Å². The van der Waals surface area contributed by atoms with Gasteiger partial charge in [-0.3, -0.25) is 4.79 Å². The van der Waals surface area contributed by atoms with E-state index in [1.54, 1.807) is 0 Å². The Balaban J connectivity index is 1.96. The first-order valence-corrected chi connectivity index (χ1v) is 9.59. The van der Waals surface area contributed by atoms with Gasteiger partial charge < -0.3 is 0 Å². The molecule has 0 radical (unpaired) electrons. The van der Waals surface area contributed by atoms with Gasteiger partial charge in [0, 0.05) is 12.1 Å². The number of hydrogen-bond acceptors (Lipinski definition) is 2. The normalized spacial score (nSPS) is 20.3. The Morgan fingerprint density at radius 2 is 1.68 bits per heavy atom. The molecule has 1 amide bonds. The van der Waals surface area contributed by atoms with Crippen molar-refractivity contribution >= 4 is 11.6 Å². The second-order valence-corrected chi connectivity index (χ2v) is 6.86. The Hall–Kier alpha value is -0.860. The zero-order valence-electron chi connectivity index (χ0n) is 14.8. The first-order chi connectivity index (χ1) is 10.7. The fourth-order valence-electron chi connectivity index (χ4n) is 3.12. The second kappa shape index (κ2) is 12.7. The van der Waals surface area contributed by atoms with Crippen LogP contribution in [-0.2, 0) is 4.79 Å². The Labute approximate surface area is 137 Å². The van der Waals surface area contributed by atoms with Gasteiger partial charge in [0.2, 0.25) is 5.91 Å². The molecule has 3 heteroatoms. The maximum absolute atomic E-state index is 11.8. The molecule has 1 atom stereocenters. The van der Waals surface area contributed by atoms with Gasteiger partial charge in [-0.15, -0.1) is 0 Å². The van der Waals surface area contributed by atoms with Crippen LogP contribution in [0.15, 0.2) is 5.10 Å². The first kappa shape index (κ1) is 19.2. The molecule has 0 spiro atoms. The lowest BCUT2D eigenvalue weighted by Crippen LogP contribution is -2.24. The van der Waals surface area contributed by atoms with E-state index >= 15 is 0 Å². The maximum Gasteiger partial charge on any atom is 0.240 e. The molecular weight excluding hydrogens is 272 g/mol. The van der Waals surface area contributed by atoms with Crippen LogP contribution in [-0.4, -0.2) is 11.6 Å². The highest BCUT2D eigenvalue weighted by molar-refractivity contribution is 5.88. The summed E-state index contributed by atoms with van der Waals surface area (Å²) >= 11 is 0. The van der Waals surface area contributed by atoms with E-state index < -0.39 is 0 Å². The first-order valence-electron chi connectivity index (χ1n) is 9.59. The van der Waals surface area contributed by atoms with Crippen LogP contribution in [0.1, 0.15) is 104 Å². The molecule has 3 nitrogen and oxygen atoms in total. The molecule has 1 N–H and O–H groups in total. The molecule has 1 unspecified atom stereocenters. The van der Waals surface area contributed by atoms with Crippen LogP contribution >= 0.6 is 0 Å². The van der Waals surface area contributed by atoms with Gasteiger partial charge >= 0.3 is 0 Å². The molecule has 1 aliphatic carbocycles. The van der Waals surface area contributed by atoms with E-state index in [1.807, 2.05) is 0 Å².